The molecule has 2 aliphatic heterocycles. The Morgan fingerprint density at radius 1 is 1.31 bits per heavy atom. The first-order chi connectivity index (χ1) is 16.9. The molecule has 3 heterocycles. The molecule has 1 fully saturated rings. The van der Waals surface area contributed by atoms with Gasteiger partial charge in [-0.05, 0) is 49.1 Å². The molecular formula is C26H25ClFN5O2. The molecule has 7 nitrogen and oxygen atoms in total. The molecule has 2 aromatic carbocycles. The number of likely N-dealkylation sites (tertiary alicyclic amines) is 1. The number of nitriles is 1. The second-order valence-electron chi connectivity index (χ2n) is 9.24. The van der Waals surface area contributed by atoms with E-state index in [0.29, 0.717) is 49.7 Å². The molecule has 1 N–H and O–H groups in total. The average Bonchev–Trinajstić information content (AvgIpc) is 3.30. The van der Waals surface area contributed by atoms with Crippen molar-refractivity contribution in [2.75, 3.05) is 25.0 Å². The third kappa shape index (κ3) is 4.69. The molecule has 3 aromatic rings. The van der Waals surface area contributed by atoms with Crippen LogP contribution in [-0.4, -0.2) is 46.3 Å². The molecule has 1 aromatic heterocycles. The molecular weight excluding hydrogens is 469 g/mol. The minimum absolute atomic E-state index is 0.102. The van der Waals surface area contributed by atoms with E-state index in [1.165, 1.54) is 12.1 Å². The van der Waals surface area contributed by atoms with Crippen LogP contribution in [0.2, 0.25) is 5.02 Å². The number of aromatic nitrogens is 2. The van der Waals surface area contributed by atoms with Gasteiger partial charge in [0.2, 0.25) is 0 Å². The highest BCUT2D eigenvalue weighted by atomic mass is 35.5. The standard InChI is InChI=1S/C26H25ClFN5O2/c1-32-15-18(13-31-32)20-10-23-22(11-21(20)27)30-14-24(35-23)25(34)33-8-6-26(16-29,7-9-33)12-17-2-4-19(28)5-3-17/h2-5,10-11,13,15,24,30H,6-9,12,14H2,1H3. The van der Waals surface area contributed by atoms with Crippen molar-refractivity contribution < 1.29 is 13.9 Å². The normalized spacial score (nSPS) is 18.7. The van der Waals surface area contributed by atoms with Crippen LogP contribution in [0.25, 0.3) is 11.1 Å². The van der Waals surface area contributed by atoms with Crippen LogP contribution in [-0.2, 0) is 18.3 Å². The van der Waals surface area contributed by atoms with Gasteiger partial charge < -0.3 is 15.0 Å². The first-order valence-electron chi connectivity index (χ1n) is 11.5. The minimum Gasteiger partial charge on any atom is -0.477 e. The van der Waals surface area contributed by atoms with Gasteiger partial charge in [-0.25, -0.2) is 4.39 Å². The van der Waals surface area contributed by atoms with Crippen molar-refractivity contribution in [3.8, 4) is 22.9 Å². The van der Waals surface area contributed by atoms with E-state index < -0.39 is 11.5 Å². The Hall–Kier alpha value is -3.57. The number of piperidine rings is 1. The maximum Gasteiger partial charge on any atom is 0.265 e. The number of carbonyl (C=O) groups excluding carboxylic acids is 1. The molecule has 0 spiro atoms. The number of rotatable bonds is 4. The minimum atomic E-state index is -0.669. The Morgan fingerprint density at radius 2 is 2.06 bits per heavy atom. The molecule has 1 unspecified atom stereocenters. The Morgan fingerprint density at radius 3 is 2.71 bits per heavy atom. The number of anilines is 1. The van der Waals surface area contributed by atoms with E-state index in [1.54, 1.807) is 34.0 Å². The molecule has 1 amide bonds. The quantitative estimate of drug-likeness (QED) is 0.581. The number of hydrogen-bond acceptors (Lipinski definition) is 5. The van der Waals surface area contributed by atoms with Crippen LogP contribution in [0.1, 0.15) is 18.4 Å². The van der Waals surface area contributed by atoms with Crippen LogP contribution in [0.4, 0.5) is 10.1 Å². The number of hydrogen-bond donors (Lipinski definition) is 1. The van der Waals surface area contributed by atoms with Crippen LogP contribution < -0.4 is 10.1 Å². The summed E-state index contributed by atoms with van der Waals surface area (Å²) in [6.45, 7) is 1.29. The zero-order valence-electron chi connectivity index (χ0n) is 19.3. The molecule has 0 saturated carbocycles. The van der Waals surface area contributed by atoms with Crippen molar-refractivity contribution >= 4 is 23.2 Å². The summed E-state index contributed by atoms with van der Waals surface area (Å²) in [7, 11) is 1.84. The SMILES string of the molecule is Cn1cc(-c2cc3c(cc2Cl)NCC(C(=O)N2CCC(C#N)(Cc4ccc(F)cc4)CC2)O3)cn1. The second kappa shape index (κ2) is 9.23. The van der Waals surface area contributed by atoms with Gasteiger partial charge in [0.1, 0.15) is 11.6 Å². The van der Waals surface area contributed by atoms with Gasteiger partial charge in [-0.1, -0.05) is 23.7 Å². The summed E-state index contributed by atoms with van der Waals surface area (Å²) in [5, 5.41) is 17.9. The fourth-order valence-corrected chi connectivity index (χ4v) is 5.06. The summed E-state index contributed by atoms with van der Waals surface area (Å²) in [5.41, 5.74) is 2.75. The first kappa shape index (κ1) is 23.2. The third-order valence-corrected chi connectivity index (χ3v) is 7.15. The Balaban J connectivity index is 1.26. The lowest BCUT2D eigenvalue weighted by Gasteiger charge is -2.39. The number of ether oxygens (including phenoxy) is 1. The summed E-state index contributed by atoms with van der Waals surface area (Å²) in [5.74, 6) is 0.171. The van der Waals surface area contributed by atoms with Crippen molar-refractivity contribution in [3.63, 3.8) is 0 Å². The van der Waals surface area contributed by atoms with Crippen molar-refractivity contribution in [2.24, 2.45) is 12.5 Å². The van der Waals surface area contributed by atoms with Crippen LogP contribution in [0.5, 0.6) is 5.75 Å². The van der Waals surface area contributed by atoms with E-state index in [2.05, 4.69) is 16.5 Å². The summed E-state index contributed by atoms with van der Waals surface area (Å²) >= 11 is 6.48. The number of halogens is 2. The maximum atomic E-state index is 13.3. The van der Waals surface area contributed by atoms with Gasteiger partial charge in [-0.2, -0.15) is 10.4 Å². The second-order valence-corrected chi connectivity index (χ2v) is 9.65. The van der Waals surface area contributed by atoms with Gasteiger partial charge in [-0.15, -0.1) is 0 Å². The maximum absolute atomic E-state index is 13.3. The molecule has 1 saturated heterocycles. The molecule has 180 valence electrons. The van der Waals surface area contributed by atoms with E-state index in [9.17, 15) is 14.4 Å². The number of aryl methyl sites for hydroxylation is 1. The van der Waals surface area contributed by atoms with Crippen LogP contribution in [0.15, 0.2) is 48.8 Å². The fourth-order valence-electron chi connectivity index (χ4n) is 4.79. The first-order valence-corrected chi connectivity index (χ1v) is 11.9. The van der Waals surface area contributed by atoms with E-state index in [1.807, 2.05) is 19.3 Å². The Labute approximate surface area is 208 Å². The van der Waals surface area contributed by atoms with Crippen LogP contribution in [0, 0.1) is 22.6 Å². The van der Waals surface area contributed by atoms with Gasteiger partial charge in [0.15, 0.2) is 6.10 Å². The Kier molecular flexibility index (Phi) is 6.12. The lowest BCUT2D eigenvalue weighted by Crippen LogP contribution is -2.51. The lowest BCUT2D eigenvalue weighted by molar-refractivity contribution is -0.140. The predicted octanol–water partition coefficient (Wildman–Crippen LogP) is 4.43. The third-order valence-electron chi connectivity index (χ3n) is 6.83. The predicted molar refractivity (Wildman–Crippen MR) is 131 cm³/mol. The topological polar surface area (TPSA) is 83.2 Å². The number of nitrogens with zero attached hydrogens (tertiary/aromatic N) is 4. The van der Waals surface area contributed by atoms with Crippen LogP contribution >= 0.6 is 11.6 Å². The van der Waals surface area contributed by atoms with Crippen molar-refractivity contribution in [2.45, 2.75) is 25.4 Å². The molecule has 0 bridgehead atoms. The molecule has 9 heteroatoms. The smallest absolute Gasteiger partial charge is 0.265 e. The zero-order chi connectivity index (χ0) is 24.6. The molecule has 0 radical (unpaired) electrons. The van der Waals surface area contributed by atoms with E-state index in [0.717, 1.165) is 22.4 Å². The summed E-state index contributed by atoms with van der Waals surface area (Å²) in [4.78, 5) is 15.1. The molecule has 0 aliphatic carbocycles. The monoisotopic (exact) mass is 493 g/mol. The highest BCUT2D eigenvalue weighted by Gasteiger charge is 2.39. The molecule has 2 aliphatic rings. The highest BCUT2D eigenvalue weighted by Crippen LogP contribution is 2.40. The van der Waals surface area contributed by atoms with Crippen molar-refractivity contribution in [3.05, 3.63) is 65.2 Å². The number of carbonyl (C=O) groups is 1. The average molecular weight is 494 g/mol. The molecule has 1 atom stereocenters. The number of nitrogens with one attached hydrogen (secondary N) is 1. The summed E-state index contributed by atoms with van der Waals surface area (Å²) < 4.78 is 21.1. The van der Waals surface area contributed by atoms with Crippen molar-refractivity contribution in [1.82, 2.24) is 14.7 Å². The van der Waals surface area contributed by atoms with Gasteiger partial charge in [0.05, 0.1) is 34.9 Å². The van der Waals surface area contributed by atoms with E-state index in [4.69, 9.17) is 16.3 Å². The van der Waals surface area contributed by atoms with Gasteiger partial charge >= 0.3 is 0 Å². The molecule has 35 heavy (non-hydrogen) atoms. The summed E-state index contributed by atoms with van der Waals surface area (Å²) in [6, 6.07) is 12.4. The lowest BCUT2D eigenvalue weighted by atomic mass is 9.75. The molecule has 5 rings (SSSR count). The highest BCUT2D eigenvalue weighted by molar-refractivity contribution is 6.33. The fraction of sp³-hybridized carbons (Fsp3) is 0.346. The van der Waals surface area contributed by atoms with Gasteiger partial charge in [-0.3, -0.25) is 9.48 Å². The Bertz CT molecular complexity index is 1290. The van der Waals surface area contributed by atoms with E-state index >= 15 is 0 Å². The van der Waals surface area contributed by atoms with Gasteiger partial charge in [0.25, 0.3) is 5.91 Å². The van der Waals surface area contributed by atoms with Gasteiger partial charge in [0, 0.05) is 37.5 Å². The van der Waals surface area contributed by atoms with Crippen molar-refractivity contribution in [1.29, 1.82) is 5.26 Å². The number of fused-ring (bicyclic) bond motifs is 1. The van der Waals surface area contributed by atoms with Crippen LogP contribution in [0.3, 0.4) is 0 Å². The zero-order valence-corrected chi connectivity index (χ0v) is 20.1. The number of benzene rings is 2. The van der Waals surface area contributed by atoms with E-state index in [-0.39, 0.29) is 11.7 Å². The number of amides is 1. The largest absolute Gasteiger partial charge is 0.477 e. The summed E-state index contributed by atoms with van der Waals surface area (Å²) in [6.07, 6.45) is 4.59.